The minimum absolute atomic E-state index is 0.145. The Labute approximate surface area is 167 Å². The van der Waals surface area contributed by atoms with Gasteiger partial charge < -0.3 is 15.3 Å². The molecule has 0 radical (unpaired) electrons. The molecule has 0 heterocycles. The van der Waals surface area contributed by atoms with Crippen molar-refractivity contribution < 1.29 is 5.11 Å². The normalized spacial score (nSPS) is 53.6. The summed E-state index contributed by atoms with van der Waals surface area (Å²) < 4.78 is 0. The molecule has 0 spiro atoms. The van der Waals surface area contributed by atoms with Crippen molar-refractivity contribution in [1.29, 1.82) is 0 Å². The van der Waals surface area contributed by atoms with Crippen molar-refractivity contribution >= 4 is 0 Å². The minimum Gasteiger partial charge on any atom is -0.391 e. The second-order valence-electron chi connectivity index (χ2n) is 11.4. The summed E-state index contributed by atoms with van der Waals surface area (Å²) in [7, 11) is 6.56. The highest BCUT2D eigenvalue weighted by molar-refractivity contribution is 5.12. The van der Waals surface area contributed by atoms with Gasteiger partial charge in [-0.1, -0.05) is 13.8 Å². The first-order valence-electron chi connectivity index (χ1n) is 11.8. The number of aliphatic hydroxyl groups is 1. The second kappa shape index (κ2) is 6.99. The van der Waals surface area contributed by atoms with Crippen molar-refractivity contribution in [2.45, 2.75) is 90.3 Å². The van der Waals surface area contributed by atoms with Gasteiger partial charge in [-0.3, -0.25) is 0 Å². The summed E-state index contributed by atoms with van der Waals surface area (Å²) in [5.74, 6) is 4.03. The highest BCUT2D eigenvalue weighted by atomic mass is 16.3. The summed E-state index contributed by atoms with van der Waals surface area (Å²) in [5.41, 5.74) is 0.900. The van der Waals surface area contributed by atoms with E-state index in [-0.39, 0.29) is 6.10 Å². The SMILES string of the molecule is CN[C@@H]1CC[C@]2(C)[C@@H](CC[C@H]3[C@H]4CC[C@@H]([C@H](C)N(C)C)[C@]4(C)CC[C@@H]32)[C@@H]1O. The maximum Gasteiger partial charge on any atom is 0.0726 e. The van der Waals surface area contributed by atoms with Gasteiger partial charge in [0.15, 0.2) is 0 Å². The molecule has 3 nitrogen and oxygen atoms in total. The van der Waals surface area contributed by atoms with Crippen LogP contribution in [0.25, 0.3) is 0 Å². The Bertz CT molecular complexity index is 550. The lowest BCUT2D eigenvalue weighted by Crippen LogP contribution is -2.60. The average Bonchev–Trinajstić information content (AvgIpc) is 2.98. The van der Waals surface area contributed by atoms with Crippen LogP contribution in [-0.4, -0.2) is 49.3 Å². The Kier molecular flexibility index (Phi) is 5.22. The Morgan fingerprint density at radius 3 is 2.19 bits per heavy atom. The topological polar surface area (TPSA) is 35.5 Å². The maximum absolute atomic E-state index is 11.1. The third-order valence-corrected chi connectivity index (χ3v) is 10.6. The number of hydrogen-bond acceptors (Lipinski definition) is 3. The largest absolute Gasteiger partial charge is 0.391 e. The van der Waals surface area contributed by atoms with Crippen LogP contribution in [0, 0.1) is 40.4 Å². The summed E-state index contributed by atoms with van der Waals surface area (Å²) in [6.45, 7) is 7.66. The van der Waals surface area contributed by atoms with Crippen LogP contribution in [0.1, 0.15) is 72.1 Å². The second-order valence-corrected chi connectivity index (χ2v) is 11.4. The van der Waals surface area contributed by atoms with E-state index in [1.165, 1.54) is 44.9 Å². The van der Waals surface area contributed by atoms with E-state index in [1.807, 2.05) is 7.05 Å². The maximum atomic E-state index is 11.1. The van der Waals surface area contributed by atoms with E-state index >= 15 is 0 Å². The quantitative estimate of drug-likeness (QED) is 0.776. The zero-order valence-corrected chi connectivity index (χ0v) is 18.7. The molecule has 4 saturated carbocycles. The zero-order valence-electron chi connectivity index (χ0n) is 18.7. The molecule has 4 fully saturated rings. The standard InChI is InChI=1S/C24H44N2O/c1-15(26(5)6)17-9-10-18-16-7-8-20-22(27)21(25-4)12-14-24(20,3)19(16)11-13-23(17,18)2/h15-22,25,27H,7-14H2,1-6H3/t15-,16-,17-,18+,19-,20-,21+,22-,23-,24-/m0/s1. The molecule has 3 heteroatoms. The van der Waals surface area contributed by atoms with Gasteiger partial charge >= 0.3 is 0 Å². The minimum atomic E-state index is -0.145. The third-order valence-electron chi connectivity index (χ3n) is 10.6. The molecule has 4 rings (SSSR count). The van der Waals surface area contributed by atoms with Crippen LogP contribution < -0.4 is 5.32 Å². The average molecular weight is 377 g/mol. The van der Waals surface area contributed by atoms with Gasteiger partial charge in [0.05, 0.1) is 6.10 Å². The molecule has 4 aliphatic carbocycles. The van der Waals surface area contributed by atoms with Crippen LogP contribution in [0.4, 0.5) is 0 Å². The van der Waals surface area contributed by atoms with Gasteiger partial charge in [-0.05, 0) is 120 Å². The molecular weight excluding hydrogens is 332 g/mol. The van der Waals surface area contributed by atoms with Crippen LogP contribution in [0.5, 0.6) is 0 Å². The molecule has 10 atom stereocenters. The Hall–Kier alpha value is -0.120. The van der Waals surface area contributed by atoms with Crippen LogP contribution in [0.2, 0.25) is 0 Å². The zero-order chi connectivity index (χ0) is 19.6. The van der Waals surface area contributed by atoms with E-state index in [9.17, 15) is 5.11 Å². The monoisotopic (exact) mass is 376 g/mol. The van der Waals surface area contributed by atoms with E-state index in [0.717, 1.165) is 30.1 Å². The number of aliphatic hydroxyl groups excluding tert-OH is 1. The van der Waals surface area contributed by atoms with Crippen molar-refractivity contribution in [2.24, 2.45) is 40.4 Å². The lowest BCUT2D eigenvalue weighted by atomic mass is 9.44. The van der Waals surface area contributed by atoms with Gasteiger partial charge in [-0.25, -0.2) is 0 Å². The molecule has 4 aliphatic rings. The summed E-state index contributed by atoms with van der Waals surface area (Å²) >= 11 is 0. The number of likely N-dealkylation sites (N-methyl/N-ethyl adjacent to an activating group) is 1. The van der Waals surface area contributed by atoms with E-state index in [4.69, 9.17) is 0 Å². The van der Waals surface area contributed by atoms with Gasteiger partial charge in [-0.15, -0.1) is 0 Å². The van der Waals surface area contributed by atoms with Crippen LogP contribution >= 0.6 is 0 Å². The van der Waals surface area contributed by atoms with Crippen molar-refractivity contribution in [1.82, 2.24) is 10.2 Å². The summed E-state index contributed by atoms with van der Waals surface area (Å²) in [5, 5.41) is 14.5. The smallest absolute Gasteiger partial charge is 0.0726 e. The van der Waals surface area contributed by atoms with Crippen molar-refractivity contribution in [3.63, 3.8) is 0 Å². The highest BCUT2D eigenvalue weighted by Crippen LogP contribution is 2.67. The fourth-order valence-electron chi connectivity index (χ4n) is 8.84. The Morgan fingerprint density at radius 2 is 1.52 bits per heavy atom. The molecule has 0 aromatic heterocycles. The number of nitrogens with one attached hydrogen (secondary N) is 1. The number of hydrogen-bond donors (Lipinski definition) is 2. The van der Waals surface area contributed by atoms with Crippen LogP contribution in [-0.2, 0) is 0 Å². The number of rotatable bonds is 3. The molecule has 0 aliphatic heterocycles. The van der Waals surface area contributed by atoms with Gasteiger partial charge in [0.2, 0.25) is 0 Å². The Morgan fingerprint density at radius 1 is 0.889 bits per heavy atom. The first kappa shape index (κ1) is 20.2. The molecule has 2 N–H and O–H groups in total. The molecule has 0 aromatic rings. The van der Waals surface area contributed by atoms with E-state index in [1.54, 1.807) is 0 Å². The molecule has 0 aromatic carbocycles. The lowest BCUT2D eigenvalue weighted by Gasteiger charge is -2.62. The predicted octanol–water partition coefficient (Wildman–Crippen LogP) is 4.15. The summed E-state index contributed by atoms with van der Waals surface area (Å²) in [4.78, 5) is 2.46. The molecule has 27 heavy (non-hydrogen) atoms. The number of nitrogens with zero attached hydrogens (tertiary/aromatic N) is 1. The first-order chi connectivity index (χ1) is 12.7. The van der Waals surface area contributed by atoms with E-state index in [2.05, 4.69) is 45.1 Å². The molecule has 0 amide bonds. The summed E-state index contributed by atoms with van der Waals surface area (Å²) in [6, 6.07) is 1.00. The first-order valence-corrected chi connectivity index (χ1v) is 11.8. The van der Waals surface area contributed by atoms with Crippen LogP contribution in [0.15, 0.2) is 0 Å². The molecule has 0 saturated heterocycles. The lowest BCUT2D eigenvalue weighted by molar-refractivity contribution is -0.152. The van der Waals surface area contributed by atoms with Gasteiger partial charge in [0.25, 0.3) is 0 Å². The van der Waals surface area contributed by atoms with Gasteiger partial charge in [-0.2, -0.15) is 0 Å². The number of fused-ring (bicyclic) bond motifs is 5. The Balaban J connectivity index is 1.58. The van der Waals surface area contributed by atoms with Gasteiger partial charge in [0, 0.05) is 12.1 Å². The van der Waals surface area contributed by atoms with Crippen molar-refractivity contribution in [3.8, 4) is 0 Å². The summed E-state index contributed by atoms with van der Waals surface area (Å²) in [6.07, 6.45) is 10.6. The fourth-order valence-corrected chi connectivity index (χ4v) is 8.84. The fraction of sp³-hybridized carbons (Fsp3) is 1.00. The third kappa shape index (κ3) is 2.86. The molecule has 156 valence electrons. The highest BCUT2D eigenvalue weighted by Gasteiger charge is 2.62. The van der Waals surface area contributed by atoms with E-state index < -0.39 is 0 Å². The van der Waals surface area contributed by atoms with Crippen molar-refractivity contribution in [3.05, 3.63) is 0 Å². The molecule has 0 unspecified atom stereocenters. The van der Waals surface area contributed by atoms with E-state index in [0.29, 0.717) is 28.8 Å². The van der Waals surface area contributed by atoms with Crippen LogP contribution in [0.3, 0.4) is 0 Å². The predicted molar refractivity (Wildman–Crippen MR) is 113 cm³/mol. The van der Waals surface area contributed by atoms with Crippen molar-refractivity contribution in [2.75, 3.05) is 21.1 Å². The molecule has 0 bridgehead atoms. The molecular formula is C24H44N2O. The van der Waals surface area contributed by atoms with Gasteiger partial charge in [0.1, 0.15) is 0 Å².